The third-order valence-corrected chi connectivity index (χ3v) is 4.80. The standard InChI is InChI=1S/C20H23N5O2S/c1-14(2)12-25-19(16-8-6-15(3)7-9-16)23-24-20(25)28-13-18(26)22-21-11-17-5-4-10-27-17/h4-11,14H,12-13H2,1-3H3,(H,22,26). The van der Waals surface area contributed by atoms with Gasteiger partial charge in [0, 0.05) is 12.1 Å². The van der Waals surface area contributed by atoms with Crippen molar-refractivity contribution in [2.45, 2.75) is 32.5 Å². The molecule has 0 atom stereocenters. The summed E-state index contributed by atoms with van der Waals surface area (Å²) in [5, 5.41) is 13.3. The number of carbonyl (C=O) groups excluding carboxylic acids is 1. The van der Waals surface area contributed by atoms with Gasteiger partial charge in [-0.1, -0.05) is 55.4 Å². The van der Waals surface area contributed by atoms with Crippen molar-refractivity contribution in [2.24, 2.45) is 11.0 Å². The van der Waals surface area contributed by atoms with Gasteiger partial charge in [0.25, 0.3) is 5.91 Å². The van der Waals surface area contributed by atoms with Gasteiger partial charge in [-0.2, -0.15) is 5.10 Å². The molecule has 1 amide bonds. The van der Waals surface area contributed by atoms with Crippen molar-refractivity contribution in [3.63, 3.8) is 0 Å². The number of amides is 1. The summed E-state index contributed by atoms with van der Waals surface area (Å²) in [4.78, 5) is 12.1. The first-order chi connectivity index (χ1) is 13.5. The van der Waals surface area contributed by atoms with Crippen LogP contribution in [0, 0.1) is 12.8 Å². The number of benzene rings is 1. The van der Waals surface area contributed by atoms with Crippen LogP contribution in [-0.2, 0) is 11.3 Å². The lowest BCUT2D eigenvalue weighted by atomic mass is 10.1. The van der Waals surface area contributed by atoms with E-state index in [4.69, 9.17) is 4.42 Å². The summed E-state index contributed by atoms with van der Waals surface area (Å²) in [6.45, 7) is 7.11. The first kappa shape index (κ1) is 19.9. The number of aromatic nitrogens is 3. The number of thioether (sulfide) groups is 1. The van der Waals surface area contributed by atoms with Crippen molar-refractivity contribution in [2.75, 3.05) is 5.75 Å². The van der Waals surface area contributed by atoms with E-state index in [9.17, 15) is 4.79 Å². The molecule has 7 nitrogen and oxygen atoms in total. The number of nitrogens with zero attached hydrogens (tertiary/aromatic N) is 4. The van der Waals surface area contributed by atoms with E-state index < -0.39 is 0 Å². The van der Waals surface area contributed by atoms with E-state index in [2.05, 4.69) is 58.2 Å². The zero-order chi connectivity index (χ0) is 19.9. The topological polar surface area (TPSA) is 85.3 Å². The first-order valence-electron chi connectivity index (χ1n) is 9.01. The summed E-state index contributed by atoms with van der Waals surface area (Å²) < 4.78 is 7.19. The maximum absolute atomic E-state index is 12.1. The van der Waals surface area contributed by atoms with E-state index in [1.54, 1.807) is 18.4 Å². The highest BCUT2D eigenvalue weighted by molar-refractivity contribution is 7.99. The van der Waals surface area contributed by atoms with Crippen LogP contribution in [0.25, 0.3) is 11.4 Å². The molecule has 0 fully saturated rings. The number of aryl methyl sites for hydroxylation is 1. The lowest BCUT2D eigenvalue weighted by Crippen LogP contribution is -2.20. The molecule has 146 valence electrons. The Balaban J connectivity index is 1.67. The smallest absolute Gasteiger partial charge is 0.250 e. The SMILES string of the molecule is Cc1ccc(-c2nnc(SCC(=O)NN=Cc3ccco3)n2CC(C)C)cc1. The molecule has 3 rings (SSSR count). The number of carbonyl (C=O) groups is 1. The van der Waals surface area contributed by atoms with Crippen LogP contribution >= 0.6 is 11.8 Å². The molecule has 0 aliphatic carbocycles. The zero-order valence-electron chi connectivity index (χ0n) is 16.1. The Hall–Kier alpha value is -2.87. The van der Waals surface area contributed by atoms with Gasteiger partial charge in [0.1, 0.15) is 5.76 Å². The molecule has 0 spiro atoms. The third kappa shape index (κ3) is 5.32. The molecular formula is C20H23N5O2S. The number of rotatable bonds is 8. The summed E-state index contributed by atoms with van der Waals surface area (Å²) in [6, 6.07) is 11.7. The highest BCUT2D eigenvalue weighted by Gasteiger charge is 2.16. The summed E-state index contributed by atoms with van der Waals surface area (Å²) in [5.41, 5.74) is 4.69. The molecule has 1 N–H and O–H groups in total. The maximum Gasteiger partial charge on any atom is 0.250 e. The van der Waals surface area contributed by atoms with Crippen LogP contribution < -0.4 is 5.43 Å². The van der Waals surface area contributed by atoms with Crippen molar-refractivity contribution < 1.29 is 9.21 Å². The molecule has 28 heavy (non-hydrogen) atoms. The molecule has 2 aromatic heterocycles. The Bertz CT molecular complexity index is 930. The van der Waals surface area contributed by atoms with E-state index in [0.29, 0.717) is 11.7 Å². The van der Waals surface area contributed by atoms with Crippen LogP contribution in [0.4, 0.5) is 0 Å². The fraction of sp³-hybridized carbons (Fsp3) is 0.300. The molecule has 0 radical (unpaired) electrons. The van der Waals surface area contributed by atoms with Gasteiger partial charge in [-0.3, -0.25) is 4.79 Å². The quantitative estimate of drug-likeness (QED) is 0.355. The number of hydrogen-bond donors (Lipinski definition) is 1. The monoisotopic (exact) mass is 397 g/mol. The normalized spacial score (nSPS) is 11.4. The molecule has 1 aromatic carbocycles. The average Bonchev–Trinajstić information content (AvgIpc) is 3.31. The minimum atomic E-state index is -0.219. The molecule has 8 heteroatoms. The van der Waals surface area contributed by atoms with Gasteiger partial charge < -0.3 is 8.98 Å². The predicted molar refractivity (Wildman–Crippen MR) is 110 cm³/mol. The fourth-order valence-electron chi connectivity index (χ4n) is 2.54. The van der Waals surface area contributed by atoms with Crippen molar-refractivity contribution in [3.8, 4) is 11.4 Å². The Labute approximate surface area is 168 Å². The molecule has 0 bridgehead atoms. The van der Waals surface area contributed by atoms with E-state index in [-0.39, 0.29) is 11.7 Å². The number of hydrazone groups is 1. The summed E-state index contributed by atoms with van der Waals surface area (Å²) in [7, 11) is 0. The van der Waals surface area contributed by atoms with Crippen LogP contribution in [0.2, 0.25) is 0 Å². The van der Waals surface area contributed by atoms with E-state index in [1.807, 2.05) is 12.1 Å². The zero-order valence-corrected chi connectivity index (χ0v) is 16.9. The lowest BCUT2D eigenvalue weighted by molar-refractivity contribution is -0.118. The van der Waals surface area contributed by atoms with Crippen LogP contribution in [0.5, 0.6) is 0 Å². The minimum absolute atomic E-state index is 0.194. The largest absolute Gasteiger partial charge is 0.463 e. The van der Waals surface area contributed by atoms with Gasteiger partial charge in [-0.05, 0) is 25.0 Å². The van der Waals surface area contributed by atoms with Gasteiger partial charge in [0.05, 0.1) is 18.2 Å². The number of hydrogen-bond acceptors (Lipinski definition) is 6. The molecule has 0 saturated carbocycles. The average molecular weight is 398 g/mol. The van der Waals surface area contributed by atoms with E-state index in [0.717, 1.165) is 23.1 Å². The van der Waals surface area contributed by atoms with Crippen LogP contribution in [0.15, 0.2) is 57.3 Å². The maximum atomic E-state index is 12.1. The molecular weight excluding hydrogens is 374 g/mol. The predicted octanol–water partition coefficient (Wildman–Crippen LogP) is 3.74. The van der Waals surface area contributed by atoms with Crippen LogP contribution in [0.3, 0.4) is 0 Å². The molecule has 0 saturated heterocycles. The minimum Gasteiger partial charge on any atom is -0.463 e. The first-order valence-corrected chi connectivity index (χ1v) is 10.00. The summed E-state index contributed by atoms with van der Waals surface area (Å²) in [6.07, 6.45) is 3.01. The van der Waals surface area contributed by atoms with Gasteiger partial charge in [-0.15, -0.1) is 10.2 Å². The van der Waals surface area contributed by atoms with Gasteiger partial charge in [-0.25, -0.2) is 5.43 Å². The lowest BCUT2D eigenvalue weighted by Gasteiger charge is -2.12. The molecule has 0 aliphatic rings. The molecule has 0 unspecified atom stereocenters. The Kier molecular flexibility index (Phi) is 6.65. The van der Waals surface area contributed by atoms with Crippen molar-refractivity contribution in [1.82, 2.24) is 20.2 Å². The van der Waals surface area contributed by atoms with Crippen LogP contribution in [-0.4, -0.2) is 32.6 Å². The second kappa shape index (κ2) is 9.36. The van der Waals surface area contributed by atoms with Gasteiger partial charge in [0.2, 0.25) is 0 Å². The number of furan rings is 1. The van der Waals surface area contributed by atoms with Crippen molar-refractivity contribution in [1.29, 1.82) is 0 Å². The molecule has 3 aromatic rings. The van der Waals surface area contributed by atoms with Crippen molar-refractivity contribution in [3.05, 3.63) is 54.0 Å². The third-order valence-electron chi connectivity index (χ3n) is 3.83. The van der Waals surface area contributed by atoms with Crippen LogP contribution in [0.1, 0.15) is 25.2 Å². The van der Waals surface area contributed by atoms with Crippen molar-refractivity contribution >= 4 is 23.9 Å². The van der Waals surface area contributed by atoms with Gasteiger partial charge >= 0.3 is 0 Å². The second-order valence-electron chi connectivity index (χ2n) is 6.77. The van der Waals surface area contributed by atoms with E-state index >= 15 is 0 Å². The Morgan fingerprint density at radius 3 is 2.75 bits per heavy atom. The highest BCUT2D eigenvalue weighted by Crippen LogP contribution is 2.25. The second-order valence-corrected chi connectivity index (χ2v) is 7.72. The Morgan fingerprint density at radius 2 is 2.07 bits per heavy atom. The summed E-state index contributed by atoms with van der Waals surface area (Å²) in [5.74, 6) is 1.79. The molecule has 0 aliphatic heterocycles. The van der Waals surface area contributed by atoms with Gasteiger partial charge in [0.15, 0.2) is 11.0 Å². The Morgan fingerprint density at radius 1 is 1.29 bits per heavy atom. The number of nitrogens with one attached hydrogen (secondary N) is 1. The highest BCUT2D eigenvalue weighted by atomic mass is 32.2. The molecule has 2 heterocycles. The fourth-order valence-corrected chi connectivity index (χ4v) is 3.28. The van der Waals surface area contributed by atoms with E-state index in [1.165, 1.54) is 23.5 Å². The summed E-state index contributed by atoms with van der Waals surface area (Å²) >= 11 is 1.34.